The van der Waals surface area contributed by atoms with Gasteiger partial charge in [-0.25, -0.2) is 0 Å². The Hall–Kier alpha value is -1.57. The summed E-state index contributed by atoms with van der Waals surface area (Å²) in [5.41, 5.74) is 4.17. The number of thiazole rings is 1. The van der Waals surface area contributed by atoms with Gasteiger partial charge in [0.2, 0.25) is 5.91 Å². The topological polar surface area (TPSA) is 54.3 Å². The fourth-order valence-electron chi connectivity index (χ4n) is 3.25. The second-order valence-corrected chi connectivity index (χ2v) is 9.39. The van der Waals surface area contributed by atoms with Crippen LogP contribution in [0.1, 0.15) is 28.1 Å². The molecule has 1 aromatic heterocycles. The second kappa shape index (κ2) is 9.08. The van der Waals surface area contributed by atoms with Crippen molar-refractivity contribution in [2.75, 3.05) is 29.9 Å². The van der Waals surface area contributed by atoms with Crippen LogP contribution in [0.15, 0.2) is 23.0 Å². The Morgan fingerprint density at radius 1 is 1.19 bits per heavy atom. The minimum atomic E-state index is -0.0611. The number of nitrogens with zero attached hydrogens (tertiary/aromatic N) is 2. The molecule has 7 heteroatoms. The molecule has 0 aliphatic carbocycles. The van der Waals surface area contributed by atoms with Gasteiger partial charge in [-0.1, -0.05) is 23.5 Å². The molecule has 1 amide bonds. The Bertz CT molecular complexity index is 867. The molecule has 146 valence electrons. The van der Waals surface area contributed by atoms with E-state index < -0.39 is 0 Å². The highest BCUT2D eigenvalue weighted by Gasteiger charge is 2.13. The Morgan fingerprint density at radius 3 is 2.56 bits per heavy atom. The zero-order valence-corrected chi connectivity index (χ0v) is 17.8. The molecule has 0 spiro atoms. The first-order valence-corrected chi connectivity index (χ1v) is 11.3. The predicted molar refractivity (Wildman–Crippen MR) is 115 cm³/mol. The largest absolute Gasteiger partial charge is 0.326 e. The van der Waals surface area contributed by atoms with Crippen molar-refractivity contribution < 1.29 is 4.79 Å². The summed E-state index contributed by atoms with van der Waals surface area (Å²) in [4.78, 5) is 27.8. The number of thioether (sulfide) groups is 1. The van der Waals surface area contributed by atoms with E-state index >= 15 is 0 Å². The number of anilines is 1. The first-order chi connectivity index (χ1) is 12.9. The summed E-state index contributed by atoms with van der Waals surface area (Å²) in [7, 11) is 0. The lowest BCUT2D eigenvalue weighted by molar-refractivity contribution is -0.116. The lowest BCUT2D eigenvalue weighted by Crippen LogP contribution is -2.31. The fraction of sp³-hybridized carbons (Fsp3) is 0.500. The van der Waals surface area contributed by atoms with Crippen molar-refractivity contribution in [1.82, 2.24) is 9.47 Å². The molecule has 1 aromatic carbocycles. The highest BCUT2D eigenvalue weighted by Crippen LogP contribution is 2.20. The third-order valence-corrected chi connectivity index (χ3v) is 6.95. The molecule has 2 aromatic rings. The average Bonchev–Trinajstić information content (AvgIpc) is 2.88. The van der Waals surface area contributed by atoms with E-state index in [0.717, 1.165) is 41.5 Å². The third-order valence-electron chi connectivity index (χ3n) is 5.01. The molecular weight excluding hydrogens is 378 g/mol. The van der Waals surface area contributed by atoms with Crippen molar-refractivity contribution in [1.29, 1.82) is 0 Å². The van der Waals surface area contributed by atoms with Gasteiger partial charge < -0.3 is 9.88 Å². The quantitative estimate of drug-likeness (QED) is 0.800. The fourth-order valence-corrected chi connectivity index (χ4v) is 5.09. The molecule has 0 bridgehead atoms. The van der Waals surface area contributed by atoms with Gasteiger partial charge in [0.15, 0.2) is 0 Å². The van der Waals surface area contributed by atoms with Crippen molar-refractivity contribution in [3.8, 4) is 0 Å². The first-order valence-electron chi connectivity index (χ1n) is 9.30. The number of hydrogen-bond acceptors (Lipinski definition) is 5. The zero-order chi connectivity index (χ0) is 19.4. The number of aromatic nitrogens is 1. The van der Waals surface area contributed by atoms with Crippen molar-refractivity contribution in [3.05, 3.63) is 49.6 Å². The molecule has 0 radical (unpaired) electrons. The van der Waals surface area contributed by atoms with Gasteiger partial charge in [-0.15, -0.1) is 0 Å². The zero-order valence-electron chi connectivity index (χ0n) is 16.2. The van der Waals surface area contributed by atoms with Gasteiger partial charge in [0.1, 0.15) is 0 Å². The van der Waals surface area contributed by atoms with E-state index in [2.05, 4.69) is 22.3 Å². The van der Waals surface area contributed by atoms with E-state index in [1.54, 1.807) is 4.57 Å². The summed E-state index contributed by atoms with van der Waals surface area (Å²) in [6.07, 6.45) is 0.295. The van der Waals surface area contributed by atoms with Gasteiger partial charge in [-0.05, 0) is 38.0 Å². The Kier molecular flexibility index (Phi) is 6.78. The number of nitrogens with one attached hydrogen (secondary N) is 1. The maximum Gasteiger partial charge on any atom is 0.307 e. The second-order valence-electron chi connectivity index (χ2n) is 7.00. The number of rotatable bonds is 6. The monoisotopic (exact) mass is 405 g/mol. The molecule has 5 nitrogen and oxygen atoms in total. The van der Waals surface area contributed by atoms with Gasteiger partial charge in [0.05, 0.1) is 0 Å². The normalized spacial score (nSPS) is 15.1. The van der Waals surface area contributed by atoms with E-state index in [4.69, 9.17) is 0 Å². The summed E-state index contributed by atoms with van der Waals surface area (Å²) in [5.74, 6) is 2.35. The van der Waals surface area contributed by atoms with Crippen molar-refractivity contribution in [3.63, 3.8) is 0 Å². The number of benzene rings is 1. The number of carbonyl (C=O) groups excluding carboxylic acids is 1. The molecule has 2 heterocycles. The maximum absolute atomic E-state index is 12.3. The summed E-state index contributed by atoms with van der Waals surface area (Å²) in [5, 5.41) is 2.99. The Labute approximate surface area is 168 Å². The highest BCUT2D eigenvalue weighted by atomic mass is 32.2. The summed E-state index contributed by atoms with van der Waals surface area (Å²) >= 11 is 3.26. The third kappa shape index (κ3) is 5.24. The van der Waals surface area contributed by atoms with Gasteiger partial charge in [-0.3, -0.25) is 14.5 Å². The number of amides is 1. The van der Waals surface area contributed by atoms with E-state index in [1.165, 1.54) is 28.4 Å². The van der Waals surface area contributed by atoms with Crippen LogP contribution in [-0.4, -0.2) is 40.0 Å². The first kappa shape index (κ1) is 20.2. The maximum atomic E-state index is 12.3. The molecule has 27 heavy (non-hydrogen) atoms. The van der Waals surface area contributed by atoms with Gasteiger partial charge in [0, 0.05) is 60.4 Å². The molecule has 0 saturated carbocycles. The molecule has 0 atom stereocenters. The molecule has 3 rings (SSSR count). The summed E-state index contributed by atoms with van der Waals surface area (Å²) < 4.78 is 1.69. The van der Waals surface area contributed by atoms with Gasteiger partial charge in [0.25, 0.3) is 0 Å². The van der Waals surface area contributed by atoms with Crippen LogP contribution in [0.2, 0.25) is 0 Å². The van der Waals surface area contributed by atoms with Crippen LogP contribution < -0.4 is 10.2 Å². The molecule has 0 unspecified atom stereocenters. The van der Waals surface area contributed by atoms with Crippen molar-refractivity contribution >= 4 is 34.7 Å². The molecule has 1 aliphatic rings. The van der Waals surface area contributed by atoms with Gasteiger partial charge >= 0.3 is 4.87 Å². The van der Waals surface area contributed by atoms with Crippen molar-refractivity contribution in [2.45, 2.75) is 40.3 Å². The lowest BCUT2D eigenvalue weighted by atomic mass is 10.1. The SMILES string of the molecule is Cc1cc(CN2CCSCC2)ccc1NC(=O)CCn1c(C)c(C)sc1=O. The van der Waals surface area contributed by atoms with Crippen LogP contribution in [-0.2, 0) is 17.9 Å². The Balaban J connectivity index is 1.56. The number of carbonyl (C=O) groups is 1. The minimum Gasteiger partial charge on any atom is -0.326 e. The molecule has 1 fully saturated rings. The van der Waals surface area contributed by atoms with E-state index in [9.17, 15) is 9.59 Å². The molecule has 1 N–H and O–H groups in total. The molecule has 1 saturated heterocycles. The van der Waals surface area contributed by atoms with E-state index in [0.29, 0.717) is 13.0 Å². The summed E-state index contributed by atoms with van der Waals surface area (Å²) in [6, 6.07) is 6.25. The standard InChI is InChI=1S/C20H27N3O2S2/c1-14-12-17(13-22-8-10-26-11-9-22)4-5-18(14)21-19(24)6-7-23-15(2)16(3)27-20(23)25/h4-5,12H,6-11,13H2,1-3H3,(H,21,24). The van der Waals surface area contributed by atoms with Crippen LogP contribution in [0.5, 0.6) is 0 Å². The minimum absolute atomic E-state index is 0.00875. The van der Waals surface area contributed by atoms with E-state index in [1.807, 2.05) is 38.6 Å². The average molecular weight is 406 g/mol. The van der Waals surface area contributed by atoms with Crippen LogP contribution in [0.3, 0.4) is 0 Å². The van der Waals surface area contributed by atoms with Crippen LogP contribution in [0, 0.1) is 20.8 Å². The van der Waals surface area contributed by atoms with Crippen LogP contribution >= 0.6 is 23.1 Å². The number of hydrogen-bond donors (Lipinski definition) is 1. The summed E-state index contributed by atoms with van der Waals surface area (Å²) in [6.45, 7) is 9.56. The highest BCUT2D eigenvalue weighted by molar-refractivity contribution is 7.99. The molecular formula is C20H27N3O2S2. The Morgan fingerprint density at radius 2 is 1.93 bits per heavy atom. The van der Waals surface area contributed by atoms with E-state index in [-0.39, 0.29) is 10.8 Å². The van der Waals surface area contributed by atoms with Crippen LogP contribution in [0.4, 0.5) is 5.69 Å². The van der Waals surface area contributed by atoms with Gasteiger partial charge in [-0.2, -0.15) is 11.8 Å². The molecule has 1 aliphatic heterocycles. The van der Waals surface area contributed by atoms with Crippen molar-refractivity contribution in [2.24, 2.45) is 0 Å². The lowest BCUT2D eigenvalue weighted by Gasteiger charge is -2.26. The van der Waals surface area contributed by atoms with Crippen LogP contribution in [0.25, 0.3) is 0 Å². The number of aryl methyl sites for hydroxylation is 2. The smallest absolute Gasteiger partial charge is 0.307 e. The predicted octanol–water partition coefficient (Wildman–Crippen LogP) is 3.41.